The molecule has 0 spiro atoms. The van der Waals surface area contributed by atoms with Crippen LogP contribution in [0.2, 0.25) is 5.02 Å². The van der Waals surface area contributed by atoms with Crippen molar-refractivity contribution < 1.29 is 9.63 Å². The van der Waals surface area contributed by atoms with Crippen LogP contribution in [0, 0.1) is 0 Å². The number of anilines is 1. The molecule has 0 aliphatic carbocycles. The number of urea groups is 1. The molecule has 5 heteroatoms. The Morgan fingerprint density at radius 2 is 2.19 bits per heavy atom. The molecule has 1 N–H and O–H groups in total. The molecule has 0 bridgehead atoms. The minimum atomic E-state index is -0.271. The van der Waals surface area contributed by atoms with Crippen LogP contribution < -0.4 is 5.32 Å². The molecule has 0 aromatic heterocycles. The van der Waals surface area contributed by atoms with Crippen molar-refractivity contribution >= 4 is 23.3 Å². The molecule has 16 heavy (non-hydrogen) atoms. The fraction of sp³-hybridized carbons (Fsp3) is 0.364. The Labute approximate surface area is 99.1 Å². The molecule has 1 aromatic rings. The quantitative estimate of drug-likeness (QED) is 0.820. The van der Waals surface area contributed by atoms with Crippen molar-refractivity contribution in [3.8, 4) is 0 Å². The highest BCUT2D eigenvalue weighted by Crippen LogP contribution is 2.21. The molecule has 0 atom stereocenters. The molecule has 1 aliphatic rings. The fourth-order valence-electron chi connectivity index (χ4n) is 1.50. The zero-order valence-electron chi connectivity index (χ0n) is 8.78. The zero-order chi connectivity index (χ0) is 11.4. The number of halogens is 1. The van der Waals surface area contributed by atoms with E-state index in [-0.39, 0.29) is 6.03 Å². The topological polar surface area (TPSA) is 41.6 Å². The molecular weight excluding hydrogens is 228 g/mol. The lowest BCUT2D eigenvalue weighted by molar-refractivity contribution is -0.135. The van der Waals surface area contributed by atoms with Crippen LogP contribution in [0.3, 0.4) is 0 Å². The number of amides is 2. The van der Waals surface area contributed by atoms with Gasteiger partial charge in [-0.1, -0.05) is 23.7 Å². The minimum Gasteiger partial charge on any atom is -0.305 e. The maximum atomic E-state index is 11.8. The van der Waals surface area contributed by atoms with Gasteiger partial charge in [-0.3, -0.25) is 4.84 Å². The zero-order valence-corrected chi connectivity index (χ0v) is 9.54. The van der Waals surface area contributed by atoms with Crippen LogP contribution >= 0.6 is 11.6 Å². The molecule has 2 amide bonds. The molecule has 1 fully saturated rings. The third-order valence-corrected chi connectivity index (χ3v) is 2.67. The average molecular weight is 241 g/mol. The van der Waals surface area contributed by atoms with Crippen molar-refractivity contribution in [1.82, 2.24) is 5.06 Å². The normalized spacial score (nSPS) is 15.9. The number of nitrogens with zero attached hydrogens (tertiary/aromatic N) is 1. The van der Waals surface area contributed by atoms with Crippen LogP contribution in [-0.4, -0.2) is 24.2 Å². The SMILES string of the molecule is O=C(Nc1ccccc1Cl)N1CCCCO1. The third kappa shape index (κ3) is 2.65. The van der Waals surface area contributed by atoms with E-state index in [0.29, 0.717) is 23.9 Å². The van der Waals surface area contributed by atoms with Crippen molar-refractivity contribution in [2.45, 2.75) is 12.8 Å². The van der Waals surface area contributed by atoms with Crippen molar-refractivity contribution in [2.24, 2.45) is 0 Å². The molecule has 0 radical (unpaired) electrons. The third-order valence-electron chi connectivity index (χ3n) is 2.34. The Hall–Kier alpha value is -1.26. The van der Waals surface area contributed by atoms with E-state index >= 15 is 0 Å². The highest BCUT2D eigenvalue weighted by molar-refractivity contribution is 6.33. The average Bonchev–Trinajstić information content (AvgIpc) is 2.33. The summed E-state index contributed by atoms with van der Waals surface area (Å²) in [6, 6.07) is 6.85. The summed E-state index contributed by atoms with van der Waals surface area (Å²) in [4.78, 5) is 17.0. The second kappa shape index (κ2) is 5.18. The summed E-state index contributed by atoms with van der Waals surface area (Å²) in [5.74, 6) is 0. The van der Waals surface area contributed by atoms with Crippen LogP contribution in [-0.2, 0) is 4.84 Å². The lowest BCUT2D eigenvalue weighted by atomic mass is 10.3. The Bertz CT molecular complexity index is 378. The van der Waals surface area contributed by atoms with Gasteiger partial charge in [-0.05, 0) is 25.0 Å². The molecule has 0 unspecified atom stereocenters. The summed E-state index contributed by atoms with van der Waals surface area (Å²) in [5, 5.41) is 4.57. The van der Waals surface area contributed by atoms with Gasteiger partial charge in [0.15, 0.2) is 0 Å². The number of carbonyl (C=O) groups excluding carboxylic acids is 1. The van der Waals surface area contributed by atoms with Crippen LogP contribution in [0.4, 0.5) is 10.5 Å². The first-order valence-corrected chi connectivity index (χ1v) is 5.61. The van der Waals surface area contributed by atoms with E-state index in [9.17, 15) is 4.79 Å². The minimum absolute atomic E-state index is 0.271. The summed E-state index contributed by atoms with van der Waals surface area (Å²) in [7, 11) is 0. The van der Waals surface area contributed by atoms with Crippen molar-refractivity contribution in [1.29, 1.82) is 0 Å². The molecule has 1 heterocycles. The van der Waals surface area contributed by atoms with E-state index in [0.717, 1.165) is 12.8 Å². The second-order valence-corrected chi connectivity index (χ2v) is 3.96. The van der Waals surface area contributed by atoms with Gasteiger partial charge in [-0.15, -0.1) is 0 Å². The summed E-state index contributed by atoms with van der Waals surface area (Å²) >= 11 is 5.93. The van der Waals surface area contributed by atoms with E-state index in [2.05, 4.69) is 5.32 Å². The lowest BCUT2D eigenvalue weighted by Gasteiger charge is -2.26. The summed E-state index contributed by atoms with van der Waals surface area (Å²) in [5.41, 5.74) is 0.600. The van der Waals surface area contributed by atoms with Gasteiger partial charge in [0.1, 0.15) is 0 Å². The smallest absolute Gasteiger partial charge is 0.305 e. The molecule has 2 rings (SSSR count). The van der Waals surface area contributed by atoms with Gasteiger partial charge in [-0.2, -0.15) is 0 Å². The van der Waals surface area contributed by atoms with Crippen molar-refractivity contribution in [3.05, 3.63) is 29.3 Å². The van der Waals surface area contributed by atoms with Crippen LogP contribution in [0.15, 0.2) is 24.3 Å². The molecule has 86 valence electrons. The van der Waals surface area contributed by atoms with Gasteiger partial charge in [0.25, 0.3) is 0 Å². The van der Waals surface area contributed by atoms with E-state index in [4.69, 9.17) is 16.4 Å². The van der Waals surface area contributed by atoms with Gasteiger partial charge in [0, 0.05) is 0 Å². The molecule has 1 aromatic carbocycles. The molecular formula is C11H13ClN2O2. The Morgan fingerprint density at radius 3 is 2.88 bits per heavy atom. The molecule has 4 nitrogen and oxygen atoms in total. The number of nitrogens with one attached hydrogen (secondary N) is 1. The van der Waals surface area contributed by atoms with E-state index in [1.165, 1.54) is 5.06 Å². The molecule has 1 saturated heterocycles. The number of hydrogen-bond donors (Lipinski definition) is 1. The predicted octanol–water partition coefficient (Wildman–Crippen LogP) is 2.90. The van der Waals surface area contributed by atoms with Gasteiger partial charge in [0.2, 0.25) is 0 Å². The van der Waals surface area contributed by atoms with E-state index < -0.39 is 0 Å². The summed E-state index contributed by atoms with van der Waals surface area (Å²) in [6.07, 6.45) is 1.96. The predicted molar refractivity (Wildman–Crippen MR) is 62.4 cm³/mol. The first kappa shape index (κ1) is 11.2. The van der Waals surface area contributed by atoms with E-state index in [1.807, 2.05) is 12.1 Å². The van der Waals surface area contributed by atoms with Crippen molar-refractivity contribution in [3.63, 3.8) is 0 Å². The number of carbonyl (C=O) groups is 1. The Kier molecular flexibility index (Phi) is 3.64. The van der Waals surface area contributed by atoms with E-state index in [1.54, 1.807) is 12.1 Å². The monoisotopic (exact) mass is 240 g/mol. The second-order valence-electron chi connectivity index (χ2n) is 3.55. The maximum absolute atomic E-state index is 11.8. The Morgan fingerprint density at radius 1 is 1.38 bits per heavy atom. The Balaban J connectivity index is 1.99. The van der Waals surface area contributed by atoms with Gasteiger partial charge < -0.3 is 5.32 Å². The maximum Gasteiger partial charge on any atom is 0.345 e. The van der Waals surface area contributed by atoms with Gasteiger partial charge in [0.05, 0.1) is 23.9 Å². The van der Waals surface area contributed by atoms with Gasteiger partial charge >= 0.3 is 6.03 Å². The van der Waals surface area contributed by atoms with Crippen molar-refractivity contribution in [2.75, 3.05) is 18.5 Å². The first-order chi connectivity index (χ1) is 7.77. The lowest BCUT2D eigenvalue weighted by Crippen LogP contribution is -2.38. The highest BCUT2D eigenvalue weighted by atomic mass is 35.5. The number of rotatable bonds is 1. The van der Waals surface area contributed by atoms with Crippen LogP contribution in [0.5, 0.6) is 0 Å². The summed E-state index contributed by atoms with van der Waals surface area (Å²) in [6.45, 7) is 1.21. The van der Waals surface area contributed by atoms with Gasteiger partial charge in [-0.25, -0.2) is 9.86 Å². The molecule has 0 saturated carbocycles. The largest absolute Gasteiger partial charge is 0.345 e. The van der Waals surface area contributed by atoms with Crippen LogP contribution in [0.1, 0.15) is 12.8 Å². The number of hydroxylamine groups is 2. The standard InChI is InChI=1S/C11H13ClN2O2/c12-9-5-1-2-6-10(9)13-11(15)14-7-3-4-8-16-14/h1-2,5-6H,3-4,7-8H2,(H,13,15). The molecule has 1 aliphatic heterocycles. The van der Waals surface area contributed by atoms with Crippen LogP contribution in [0.25, 0.3) is 0 Å². The number of benzene rings is 1. The first-order valence-electron chi connectivity index (χ1n) is 5.23. The number of para-hydroxylation sites is 1. The summed E-state index contributed by atoms with van der Waals surface area (Å²) < 4.78 is 0. The highest BCUT2D eigenvalue weighted by Gasteiger charge is 2.18. The fourth-order valence-corrected chi connectivity index (χ4v) is 1.68. The number of hydrogen-bond acceptors (Lipinski definition) is 2.